The van der Waals surface area contributed by atoms with Gasteiger partial charge >= 0.3 is 6.09 Å². The lowest BCUT2D eigenvalue weighted by atomic mass is 9.98. The van der Waals surface area contributed by atoms with Crippen molar-refractivity contribution in [3.05, 3.63) is 101 Å². The van der Waals surface area contributed by atoms with Crippen LogP contribution < -0.4 is 15.5 Å². The fraction of sp³-hybridized carbons (Fsp3) is 0.290. The van der Waals surface area contributed by atoms with Crippen LogP contribution in [0.2, 0.25) is 0 Å². The predicted octanol–water partition coefficient (Wildman–Crippen LogP) is 4.01. The highest BCUT2D eigenvalue weighted by molar-refractivity contribution is 6.21. The predicted molar refractivity (Wildman–Crippen MR) is 150 cm³/mol. The summed E-state index contributed by atoms with van der Waals surface area (Å²) in [5.41, 5.74) is 4.37. The summed E-state index contributed by atoms with van der Waals surface area (Å²) in [6.07, 6.45) is -0.925. The maximum Gasteiger partial charge on any atom is 0.408 e. The van der Waals surface area contributed by atoms with E-state index < -0.39 is 29.8 Å². The third kappa shape index (κ3) is 5.85. The number of carbonyl (C=O) groups is 3. The highest BCUT2D eigenvalue weighted by Crippen LogP contribution is 2.36. The van der Waals surface area contributed by atoms with Crippen molar-refractivity contribution in [1.82, 2.24) is 10.6 Å². The number of hydrogen-bond acceptors (Lipinski definition) is 5. The quantitative estimate of drug-likeness (QED) is 0.509. The molecule has 0 radical (unpaired) electrons. The first-order chi connectivity index (χ1) is 18.7. The summed E-state index contributed by atoms with van der Waals surface area (Å²) >= 11 is 0. The molecule has 0 unspecified atom stereocenters. The van der Waals surface area contributed by atoms with E-state index in [1.807, 2.05) is 78.9 Å². The van der Waals surface area contributed by atoms with Gasteiger partial charge < -0.3 is 20.3 Å². The van der Waals surface area contributed by atoms with Gasteiger partial charge in [0, 0.05) is 24.1 Å². The van der Waals surface area contributed by atoms with Gasteiger partial charge in [0.25, 0.3) is 5.91 Å². The van der Waals surface area contributed by atoms with Gasteiger partial charge in [-0.3, -0.25) is 9.59 Å². The summed E-state index contributed by atoms with van der Waals surface area (Å²) in [5.74, 6) is -0.833. The van der Waals surface area contributed by atoms with Crippen LogP contribution in [0, 0.1) is 0 Å². The van der Waals surface area contributed by atoms with Gasteiger partial charge in [0.05, 0.1) is 11.4 Å². The number of para-hydroxylation sites is 1. The van der Waals surface area contributed by atoms with E-state index in [4.69, 9.17) is 9.73 Å². The number of benzene rings is 3. The Kier molecular flexibility index (Phi) is 7.19. The highest BCUT2D eigenvalue weighted by Gasteiger charge is 2.38. The molecule has 8 heteroatoms. The molecular formula is C31H32N4O4. The van der Waals surface area contributed by atoms with E-state index in [0.29, 0.717) is 12.3 Å². The normalized spacial score (nSPS) is 17.0. The Morgan fingerprint density at radius 1 is 1.00 bits per heavy atom. The average molecular weight is 525 g/mol. The molecule has 200 valence electrons. The van der Waals surface area contributed by atoms with Crippen LogP contribution in [0.5, 0.6) is 0 Å². The van der Waals surface area contributed by atoms with Crippen LogP contribution in [0.3, 0.4) is 0 Å². The van der Waals surface area contributed by atoms with Gasteiger partial charge in [-0.05, 0) is 38.3 Å². The molecule has 0 spiro atoms. The molecule has 0 saturated heterocycles. The highest BCUT2D eigenvalue weighted by atomic mass is 16.6. The van der Waals surface area contributed by atoms with Gasteiger partial charge in [0.1, 0.15) is 11.6 Å². The lowest BCUT2D eigenvalue weighted by molar-refractivity contribution is -0.128. The van der Waals surface area contributed by atoms with Crippen molar-refractivity contribution in [2.75, 3.05) is 11.4 Å². The maximum absolute atomic E-state index is 13.8. The molecule has 0 saturated carbocycles. The zero-order valence-electron chi connectivity index (χ0n) is 22.3. The second-order valence-corrected chi connectivity index (χ2v) is 10.7. The summed E-state index contributed by atoms with van der Waals surface area (Å²) in [5, 5.41) is 5.52. The number of nitrogens with zero attached hydrogens (tertiary/aromatic N) is 2. The Labute approximate surface area is 228 Å². The first kappa shape index (κ1) is 26.2. The molecule has 2 aliphatic rings. The number of carbonyl (C=O) groups excluding carboxylic acids is 3. The SMILES string of the molecule is CC(C)(C)OC(=O)N[C@@H](Cc1ccccc1)C(=O)N[C@@H]1N=C(c2ccccc2)c2cccc3c2N(CC3)C1=O. The Balaban J connectivity index is 1.48. The Hall–Kier alpha value is -4.46. The van der Waals surface area contributed by atoms with Crippen LogP contribution in [0.25, 0.3) is 0 Å². The van der Waals surface area contributed by atoms with Gasteiger partial charge in [0.2, 0.25) is 12.1 Å². The zero-order valence-corrected chi connectivity index (χ0v) is 22.3. The molecule has 0 aliphatic carbocycles. The molecule has 39 heavy (non-hydrogen) atoms. The molecule has 3 aromatic rings. The van der Waals surface area contributed by atoms with Crippen LogP contribution in [0.15, 0.2) is 83.9 Å². The Bertz CT molecular complexity index is 1410. The van der Waals surface area contributed by atoms with Crippen molar-refractivity contribution in [2.45, 2.75) is 51.4 Å². The standard InChI is InChI=1S/C31H32N4O4/c1-31(2,3)39-30(38)32-24(19-20-11-6-4-7-12-20)28(36)34-27-29(37)35-18-17-22-15-10-16-23(26(22)35)25(33-27)21-13-8-5-9-14-21/h4-16,24,27H,17-19H2,1-3H3,(H,32,38)(H,34,36)/t24-,27-/m0/s1. The van der Waals surface area contributed by atoms with Crippen molar-refractivity contribution in [2.24, 2.45) is 4.99 Å². The van der Waals surface area contributed by atoms with Crippen molar-refractivity contribution in [3.8, 4) is 0 Å². The number of alkyl carbamates (subject to hydrolysis) is 1. The molecule has 0 aromatic heterocycles. The number of aliphatic imine (C=N–C) groups is 1. The topological polar surface area (TPSA) is 100 Å². The molecule has 3 aromatic carbocycles. The van der Waals surface area contributed by atoms with E-state index in [0.717, 1.165) is 34.4 Å². The number of rotatable bonds is 6. The van der Waals surface area contributed by atoms with Gasteiger partial charge in [-0.1, -0.05) is 78.9 Å². The van der Waals surface area contributed by atoms with Crippen LogP contribution in [0.1, 0.15) is 43.0 Å². The molecule has 2 heterocycles. The molecule has 5 rings (SSSR count). The van der Waals surface area contributed by atoms with Gasteiger partial charge in [-0.15, -0.1) is 0 Å². The molecule has 2 aliphatic heterocycles. The van der Waals surface area contributed by atoms with Crippen molar-refractivity contribution in [3.63, 3.8) is 0 Å². The molecule has 3 amide bonds. The van der Waals surface area contributed by atoms with Crippen molar-refractivity contribution >= 4 is 29.3 Å². The number of anilines is 1. The van der Waals surface area contributed by atoms with Crippen LogP contribution in [0.4, 0.5) is 10.5 Å². The average Bonchev–Trinajstić information content (AvgIpc) is 3.30. The summed E-state index contributed by atoms with van der Waals surface area (Å²) in [7, 11) is 0. The number of ether oxygens (including phenoxy) is 1. The van der Waals surface area contributed by atoms with E-state index in [1.165, 1.54) is 0 Å². The number of nitrogens with one attached hydrogen (secondary N) is 2. The fourth-order valence-corrected chi connectivity index (χ4v) is 4.93. The van der Waals surface area contributed by atoms with E-state index in [9.17, 15) is 14.4 Å². The smallest absolute Gasteiger partial charge is 0.408 e. The van der Waals surface area contributed by atoms with Crippen LogP contribution >= 0.6 is 0 Å². The summed E-state index contributed by atoms with van der Waals surface area (Å²) < 4.78 is 5.41. The van der Waals surface area contributed by atoms with Crippen molar-refractivity contribution in [1.29, 1.82) is 0 Å². The number of hydrogen-bond donors (Lipinski definition) is 2. The van der Waals surface area contributed by atoms with Crippen molar-refractivity contribution < 1.29 is 19.1 Å². The molecule has 0 fully saturated rings. The second kappa shape index (κ2) is 10.7. The third-order valence-corrected chi connectivity index (χ3v) is 6.62. The summed E-state index contributed by atoms with van der Waals surface area (Å²) in [6, 6.07) is 24.0. The summed E-state index contributed by atoms with van der Waals surface area (Å²) in [4.78, 5) is 46.6. The minimum atomic E-state index is -1.16. The molecule has 2 N–H and O–H groups in total. The lowest BCUT2D eigenvalue weighted by Gasteiger charge is -2.25. The van der Waals surface area contributed by atoms with Crippen LogP contribution in [-0.2, 0) is 27.2 Å². The second-order valence-electron chi connectivity index (χ2n) is 10.7. The molecule has 8 nitrogen and oxygen atoms in total. The minimum Gasteiger partial charge on any atom is -0.444 e. The van der Waals surface area contributed by atoms with Gasteiger partial charge in [0.15, 0.2) is 0 Å². The van der Waals surface area contributed by atoms with E-state index in [2.05, 4.69) is 10.6 Å². The minimum absolute atomic E-state index is 0.218. The third-order valence-electron chi connectivity index (χ3n) is 6.62. The zero-order chi connectivity index (χ0) is 27.6. The Morgan fingerprint density at radius 2 is 1.69 bits per heavy atom. The van der Waals surface area contributed by atoms with Gasteiger partial charge in [-0.2, -0.15) is 0 Å². The molecular weight excluding hydrogens is 492 g/mol. The van der Waals surface area contributed by atoms with Gasteiger partial charge in [-0.25, -0.2) is 9.79 Å². The van der Waals surface area contributed by atoms with E-state index in [1.54, 1.807) is 25.7 Å². The summed E-state index contributed by atoms with van der Waals surface area (Å²) in [6.45, 7) is 5.78. The fourth-order valence-electron chi connectivity index (χ4n) is 4.93. The maximum atomic E-state index is 13.8. The first-order valence-electron chi connectivity index (χ1n) is 13.1. The van der Waals surface area contributed by atoms with Crippen LogP contribution in [-0.4, -0.2) is 48.0 Å². The van der Waals surface area contributed by atoms with E-state index >= 15 is 0 Å². The lowest BCUT2D eigenvalue weighted by Crippen LogP contribution is -2.54. The first-order valence-corrected chi connectivity index (χ1v) is 13.1. The molecule has 2 atom stereocenters. The number of amides is 3. The molecule has 0 bridgehead atoms. The Morgan fingerprint density at radius 3 is 2.38 bits per heavy atom. The van der Waals surface area contributed by atoms with E-state index in [-0.39, 0.29) is 12.3 Å². The monoisotopic (exact) mass is 524 g/mol. The largest absolute Gasteiger partial charge is 0.444 e.